The molecule has 2 N–H and O–H groups in total. The molecule has 5 heteroatoms. The standard InChI is InChI=1S/C11H9Br2NO2/c1-2-3-11(16)9-7(13)4-6(12)5-8(9)14-10(11)15/h2,4-5,16H,1,3H2,(H,14,15)/t11-/m1/s1. The number of aliphatic hydroxyl groups is 1. The van der Waals surface area contributed by atoms with Gasteiger partial charge in [-0.05, 0) is 12.1 Å². The van der Waals surface area contributed by atoms with E-state index >= 15 is 0 Å². The molecule has 84 valence electrons. The van der Waals surface area contributed by atoms with Crippen LogP contribution in [0.1, 0.15) is 12.0 Å². The summed E-state index contributed by atoms with van der Waals surface area (Å²) in [5, 5.41) is 13.0. The predicted octanol–water partition coefficient (Wildman–Crippen LogP) is 2.93. The number of amides is 1. The molecule has 0 radical (unpaired) electrons. The van der Waals surface area contributed by atoms with E-state index in [2.05, 4.69) is 43.8 Å². The Morgan fingerprint density at radius 2 is 2.19 bits per heavy atom. The Kier molecular flexibility index (Phi) is 2.94. The highest BCUT2D eigenvalue weighted by atomic mass is 79.9. The second-order valence-corrected chi connectivity index (χ2v) is 5.39. The molecule has 0 saturated heterocycles. The lowest BCUT2D eigenvalue weighted by Crippen LogP contribution is -2.33. The number of anilines is 1. The molecular formula is C11H9Br2NO2. The summed E-state index contributed by atoms with van der Waals surface area (Å²) in [5.41, 5.74) is -0.326. The maximum atomic E-state index is 11.8. The van der Waals surface area contributed by atoms with Crippen LogP contribution in [0.2, 0.25) is 0 Å². The van der Waals surface area contributed by atoms with Crippen molar-refractivity contribution in [2.75, 3.05) is 5.32 Å². The van der Waals surface area contributed by atoms with E-state index in [1.807, 2.05) is 0 Å². The summed E-state index contributed by atoms with van der Waals surface area (Å²) in [6.07, 6.45) is 1.72. The Hall–Kier alpha value is -0.650. The third kappa shape index (κ3) is 1.63. The van der Waals surface area contributed by atoms with Crippen molar-refractivity contribution in [1.82, 2.24) is 0 Å². The predicted molar refractivity (Wildman–Crippen MR) is 69.2 cm³/mol. The number of carbonyl (C=O) groups is 1. The molecule has 16 heavy (non-hydrogen) atoms. The molecule has 0 fully saturated rings. The molecule has 1 aliphatic heterocycles. The van der Waals surface area contributed by atoms with Crippen LogP contribution in [0.3, 0.4) is 0 Å². The quantitative estimate of drug-likeness (QED) is 0.809. The number of benzene rings is 1. The van der Waals surface area contributed by atoms with Gasteiger partial charge in [0, 0.05) is 26.6 Å². The SMILES string of the molecule is C=CC[C@]1(O)C(=O)Nc2cc(Br)cc(Br)c21. The van der Waals surface area contributed by atoms with E-state index in [4.69, 9.17) is 0 Å². The molecule has 1 aromatic carbocycles. The van der Waals surface area contributed by atoms with Gasteiger partial charge in [0.15, 0.2) is 5.60 Å². The highest BCUT2D eigenvalue weighted by Crippen LogP contribution is 2.44. The fraction of sp³-hybridized carbons (Fsp3) is 0.182. The van der Waals surface area contributed by atoms with Gasteiger partial charge in [-0.1, -0.05) is 37.9 Å². The first kappa shape index (κ1) is 11.8. The summed E-state index contributed by atoms with van der Waals surface area (Å²) < 4.78 is 1.53. The van der Waals surface area contributed by atoms with Gasteiger partial charge in [0.2, 0.25) is 0 Å². The van der Waals surface area contributed by atoms with E-state index in [0.717, 1.165) is 4.47 Å². The van der Waals surface area contributed by atoms with Crippen molar-refractivity contribution >= 4 is 43.5 Å². The minimum atomic E-state index is -1.52. The number of fused-ring (bicyclic) bond motifs is 1. The molecule has 0 saturated carbocycles. The van der Waals surface area contributed by atoms with E-state index in [1.54, 1.807) is 12.1 Å². The maximum absolute atomic E-state index is 11.8. The highest BCUT2D eigenvalue weighted by Gasteiger charge is 2.45. The number of hydrogen-bond donors (Lipinski definition) is 2. The monoisotopic (exact) mass is 345 g/mol. The zero-order valence-electron chi connectivity index (χ0n) is 8.26. The van der Waals surface area contributed by atoms with Crippen molar-refractivity contribution in [2.45, 2.75) is 12.0 Å². The average Bonchev–Trinajstić information content (AvgIpc) is 2.38. The first-order chi connectivity index (χ1) is 7.49. The van der Waals surface area contributed by atoms with E-state index in [9.17, 15) is 9.90 Å². The topological polar surface area (TPSA) is 49.3 Å². The van der Waals surface area contributed by atoms with Gasteiger partial charge in [0.1, 0.15) is 0 Å². The molecule has 1 atom stereocenters. The second-order valence-electron chi connectivity index (χ2n) is 3.62. The van der Waals surface area contributed by atoms with Gasteiger partial charge >= 0.3 is 0 Å². The first-order valence-corrected chi connectivity index (χ1v) is 6.22. The molecule has 1 heterocycles. The summed E-state index contributed by atoms with van der Waals surface area (Å²) in [6, 6.07) is 3.56. The lowest BCUT2D eigenvalue weighted by molar-refractivity contribution is -0.133. The minimum absolute atomic E-state index is 0.187. The zero-order chi connectivity index (χ0) is 11.9. The van der Waals surface area contributed by atoms with Crippen LogP contribution in [0.4, 0.5) is 5.69 Å². The largest absolute Gasteiger partial charge is 0.375 e. The lowest BCUT2D eigenvalue weighted by Gasteiger charge is -2.19. The van der Waals surface area contributed by atoms with Crippen LogP contribution in [0.25, 0.3) is 0 Å². The van der Waals surface area contributed by atoms with E-state index < -0.39 is 11.5 Å². The van der Waals surface area contributed by atoms with Gasteiger partial charge in [-0.3, -0.25) is 4.79 Å². The molecular weight excluding hydrogens is 338 g/mol. The van der Waals surface area contributed by atoms with Crippen LogP contribution >= 0.6 is 31.9 Å². The summed E-state index contributed by atoms with van der Waals surface area (Å²) in [4.78, 5) is 11.8. The Labute approximate surface area is 110 Å². The van der Waals surface area contributed by atoms with Gasteiger partial charge in [0.25, 0.3) is 5.91 Å². The molecule has 1 aromatic rings. The molecule has 0 bridgehead atoms. The molecule has 1 amide bonds. The highest BCUT2D eigenvalue weighted by molar-refractivity contribution is 9.11. The van der Waals surface area contributed by atoms with Gasteiger partial charge in [-0.15, -0.1) is 6.58 Å². The van der Waals surface area contributed by atoms with Crippen molar-refractivity contribution in [1.29, 1.82) is 0 Å². The molecule has 0 unspecified atom stereocenters. The van der Waals surface area contributed by atoms with Gasteiger partial charge in [-0.2, -0.15) is 0 Å². The Balaban J connectivity index is 2.65. The van der Waals surface area contributed by atoms with Gasteiger partial charge < -0.3 is 10.4 Å². The molecule has 0 spiro atoms. The van der Waals surface area contributed by atoms with Crippen LogP contribution < -0.4 is 5.32 Å². The van der Waals surface area contributed by atoms with Crippen LogP contribution in [0, 0.1) is 0 Å². The van der Waals surface area contributed by atoms with Crippen LogP contribution in [0.15, 0.2) is 33.7 Å². The second kappa shape index (κ2) is 3.98. The number of carbonyl (C=O) groups excluding carboxylic acids is 1. The molecule has 0 aromatic heterocycles. The summed E-state index contributed by atoms with van der Waals surface area (Å²) in [7, 11) is 0. The Bertz CT molecular complexity index is 487. The van der Waals surface area contributed by atoms with Crippen molar-refractivity contribution < 1.29 is 9.90 Å². The normalized spacial score (nSPS) is 22.8. The molecule has 3 nitrogen and oxygen atoms in total. The van der Waals surface area contributed by atoms with Crippen molar-refractivity contribution in [3.63, 3.8) is 0 Å². The summed E-state index contributed by atoms with van der Waals surface area (Å²) in [5.74, 6) is -0.416. The average molecular weight is 347 g/mol. The first-order valence-electron chi connectivity index (χ1n) is 4.63. The maximum Gasteiger partial charge on any atom is 0.261 e. The van der Waals surface area contributed by atoms with Crippen molar-refractivity contribution in [2.24, 2.45) is 0 Å². The minimum Gasteiger partial charge on any atom is -0.375 e. The zero-order valence-corrected chi connectivity index (χ0v) is 11.4. The van der Waals surface area contributed by atoms with E-state index in [0.29, 0.717) is 15.7 Å². The van der Waals surface area contributed by atoms with Crippen molar-refractivity contribution in [3.05, 3.63) is 39.3 Å². The van der Waals surface area contributed by atoms with Crippen LogP contribution in [0.5, 0.6) is 0 Å². The molecule has 2 rings (SSSR count). The number of hydrogen-bond acceptors (Lipinski definition) is 2. The number of rotatable bonds is 2. The lowest BCUT2D eigenvalue weighted by atomic mass is 9.92. The fourth-order valence-electron chi connectivity index (χ4n) is 1.84. The third-order valence-electron chi connectivity index (χ3n) is 2.53. The van der Waals surface area contributed by atoms with Crippen LogP contribution in [-0.4, -0.2) is 11.0 Å². The van der Waals surface area contributed by atoms with E-state index in [1.165, 1.54) is 6.08 Å². The van der Waals surface area contributed by atoms with Crippen LogP contribution in [-0.2, 0) is 10.4 Å². The van der Waals surface area contributed by atoms with Gasteiger partial charge in [-0.25, -0.2) is 0 Å². The Morgan fingerprint density at radius 3 is 2.81 bits per heavy atom. The Morgan fingerprint density at radius 1 is 1.50 bits per heavy atom. The summed E-state index contributed by atoms with van der Waals surface area (Å²) >= 11 is 6.68. The van der Waals surface area contributed by atoms with Crippen molar-refractivity contribution in [3.8, 4) is 0 Å². The molecule has 0 aliphatic carbocycles. The summed E-state index contributed by atoms with van der Waals surface area (Å²) in [6.45, 7) is 3.56. The van der Waals surface area contributed by atoms with E-state index in [-0.39, 0.29) is 6.42 Å². The number of halogens is 2. The third-order valence-corrected chi connectivity index (χ3v) is 3.62. The van der Waals surface area contributed by atoms with Gasteiger partial charge in [0.05, 0.1) is 0 Å². The molecule has 1 aliphatic rings. The smallest absolute Gasteiger partial charge is 0.261 e. The fourth-order valence-corrected chi connectivity index (χ4v) is 3.39. The number of nitrogens with one attached hydrogen (secondary N) is 1.